The Morgan fingerprint density at radius 2 is 2.20 bits per heavy atom. The van der Waals surface area contributed by atoms with Crippen LogP contribution in [0.3, 0.4) is 0 Å². The number of rotatable bonds is 0. The minimum atomic E-state index is -0.995. The van der Waals surface area contributed by atoms with Crippen molar-refractivity contribution in [2.24, 2.45) is 0 Å². The summed E-state index contributed by atoms with van der Waals surface area (Å²) in [5.74, 6) is 0. The molecule has 0 bridgehead atoms. The van der Waals surface area contributed by atoms with Gasteiger partial charge < -0.3 is 0 Å². The Bertz CT molecular complexity index is 42.2. The molecule has 4 heteroatoms. The van der Waals surface area contributed by atoms with Gasteiger partial charge in [-0.3, -0.25) is 4.89 Å². The highest BCUT2D eigenvalue weighted by Crippen LogP contribution is 1.76. The summed E-state index contributed by atoms with van der Waals surface area (Å²) < 4.78 is 0. The minimum Gasteiger partial charge on any atom is -0.289 e. The van der Waals surface area contributed by atoms with Gasteiger partial charge in [0.05, 0.1) is 0 Å². The van der Waals surface area contributed by atoms with Gasteiger partial charge in [0.2, 0.25) is 0 Å². The van der Waals surface area contributed by atoms with Crippen LogP contribution in [0.25, 0.3) is 0 Å². The van der Waals surface area contributed by atoms with E-state index in [4.69, 9.17) is 5.26 Å². The topological polar surface area (TPSA) is 46.5 Å². The lowest BCUT2D eigenvalue weighted by Crippen LogP contribution is -1.82. The zero-order valence-electron chi connectivity index (χ0n) is 2.21. The maximum absolute atomic E-state index is 9.20. The van der Waals surface area contributed by atoms with Gasteiger partial charge in [-0.25, -0.2) is 4.79 Å². The third-order valence-electron chi connectivity index (χ3n) is 0.0781. The number of carbonyl (C=O) groups excluding carboxylic acids is 1. The van der Waals surface area contributed by atoms with E-state index in [1.807, 2.05) is 0 Å². The van der Waals surface area contributed by atoms with Crippen LogP contribution in [0.15, 0.2) is 0 Å². The Balaban J connectivity index is 2.85. The first-order chi connectivity index (χ1) is 2.27. The zero-order valence-corrected chi connectivity index (χ0v) is 3.11. The third kappa shape index (κ3) is 3.78. The fraction of sp³-hybridized carbons (Fsp3) is 0. The minimum absolute atomic E-state index is 0.995. The van der Waals surface area contributed by atoms with Crippen LogP contribution in [-0.2, 0) is 4.89 Å². The molecule has 0 unspecified atom stereocenters. The van der Waals surface area contributed by atoms with Crippen molar-refractivity contribution in [3.05, 3.63) is 0 Å². The second-order valence-corrected chi connectivity index (χ2v) is 0.722. The van der Waals surface area contributed by atoms with Crippen molar-refractivity contribution in [2.45, 2.75) is 0 Å². The average molecular weight is 94.1 g/mol. The molecule has 0 aromatic carbocycles. The average Bonchev–Trinajstić information content (AvgIpc) is 1.38. The van der Waals surface area contributed by atoms with E-state index in [1.165, 1.54) is 0 Å². The fourth-order valence-corrected chi connectivity index (χ4v) is 0. The van der Waals surface area contributed by atoms with Crippen LogP contribution in [0, 0.1) is 0 Å². The fourth-order valence-electron chi connectivity index (χ4n) is 0. The van der Waals surface area contributed by atoms with Gasteiger partial charge in [-0.15, -0.1) is 0 Å². The molecule has 5 heavy (non-hydrogen) atoms. The van der Waals surface area contributed by atoms with Crippen molar-refractivity contribution in [3.63, 3.8) is 0 Å². The molecule has 0 saturated heterocycles. The molecule has 0 aliphatic rings. The van der Waals surface area contributed by atoms with Crippen molar-refractivity contribution in [1.29, 1.82) is 0 Å². The molecule has 0 aromatic rings. The molecule has 30 valence electrons. The molecule has 0 radical (unpaired) electrons. The number of carbonyl (C=O) groups is 1. The van der Waals surface area contributed by atoms with Crippen LogP contribution >= 0.6 is 12.6 Å². The summed E-state index contributed by atoms with van der Waals surface area (Å²) >= 11 is 2.99. The summed E-state index contributed by atoms with van der Waals surface area (Å²) in [6.07, 6.45) is 0. The van der Waals surface area contributed by atoms with Gasteiger partial charge in [-0.2, -0.15) is 5.26 Å². The van der Waals surface area contributed by atoms with E-state index in [9.17, 15) is 4.79 Å². The molecule has 0 aliphatic carbocycles. The molecule has 0 amide bonds. The van der Waals surface area contributed by atoms with E-state index in [1.54, 1.807) is 0 Å². The molecule has 1 N–H and O–H groups in total. The van der Waals surface area contributed by atoms with Crippen molar-refractivity contribution in [3.8, 4) is 0 Å². The molecule has 0 fully saturated rings. The Hall–Kier alpha value is -0.220. The van der Waals surface area contributed by atoms with Crippen LogP contribution in [0.2, 0.25) is 0 Å². The second-order valence-electron chi connectivity index (χ2n) is 0.357. The third-order valence-corrected chi connectivity index (χ3v) is 0.160. The quantitative estimate of drug-likeness (QED) is 0.261. The highest BCUT2D eigenvalue weighted by atomic mass is 32.1. The van der Waals surface area contributed by atoms with Gasteiger partial charge in [0.15, 0.2) is 0 Å². The van der Waals surface area contributed by atoms with Crippen LogP contribution in [0.4, 0.5) is 4.79 Å². The lowest BCUT2D eigenvalue weighted by molar-refractivity contribution is -0.166. The number of hydrogen-bond acceptors (Lipinski definition) is 3. The Labute approximate surface area is 33.9 Å². The molecule has 0 aromatic heterocycles. The second kappa shape index (κ2) is 2.04. The van der Waals surface area contributed by atoms with Crippen LogP contribution in [-0.4, -0.2) is 10.6 Å². The van der Waals surface area contributed by atoms with E-state index in [0.717, 1.165) is 0 Å². The highest BCUT2D eigenvalue weighted by Gasteiger charge is 1.81. The SMILES string of the molecule is O=C(S)OO. The summed E-state index contributed by atoms with van der Waals surface area (Å²) in [7, 11) is 0. The molecule has 0 saturated carbocycles. The predicted molar refractivity (Wildman–Crippen MR) is 18.1 cm³/mol. The van der Waals surface area contributed by atoms with Gasteiger partial charge in [0.1, 0.15) is 0 Å². The van der Waals surface area contributed by atoms with E-state index in [0.29, 0.717) is 0 Å². The summed E-state index contributed by atoms with van der Waals surface area (Å²) in [6.45, 7) is 0. The van der Waals surface area contributed by atoms with E-state index >= 15 is 0 Å². The Kier molecular flexibility index (Phi) is 1.95. The summed E-state index contributed by atoms with van der Waals surface area (Å²) in [4.78, 5) is 12.2. The normalized spacial score (nSPS) is 6.80. The Morgan fingerprint density at radius 1 is 2.00 bits per heavy atom. The molecule has 3 nitrogen and oxygen atoms in total. The summed E-state index contributed by atoms with van der Waals surface area (Å²) in [5, 5.41) is 6.22. The summed E-state index contributed by atoms with van der Waals surface area (Å²) in [6, 6.07) is 0. The highest BCUT2D eigenvalue weighted by molar-refractivity contribution is 7.96. The monoisotopic (exact) mass is 94.0 g/mol. The van der Waals surface area contributed by atoms with Crippen LogP contribution < -0.4 is 0 Å². The molecular formula is CH2O3S. The zero-order chi connectivity index (χ0) is 4.28. The molecule has 0 heterocycles. The van der Waals surface area contributed by atoms with E-state index in [-0.39, 0.29) is 0 Å². The number of hydrogen-bond donors (Lipinski definition) is 2. The van der Waals surface area contributed by atoms with E-state index < -0.39 is 5.30 Å². The lowest BCUT2D eigenvalue weighted by Gasteiger charge is -1.75. The van der Waals surface area contributed by atoms with Crippen molar-refractivity contribution >= 4 is 17.9 Å². The largest absolute Gasteiger partial charge is 0.397 e. The van der Waals surface area contributed by atoms with Gasteiger partial charge >= 0.3 is 5.30 Å². The summed E-state index contributed by atoms with van der Waals surface area (Å²) in [5.41, 5.74) is 0. The molecule has 0 atom stereocenters. The lowest BCUT2D eigenvalue weighted by atomic mass is 11.6. The van der Waals surface area contributed by atoms with Gasteiger partial charge in [-0.1, -0.05) is 12.6 Å². The first-order valence-electron chi connectivity index (χ1n) is 0.814. The first-order valence-corrected chi connectivity index (χ1v) is 1.26. The first kappa shape index (κ1) is 4.78. The van der Waals surface area contributed by atoms with Gasteiger partial charge in [0.25, 0.3) is 0 Å². The standard InChI is InChI=1S/CH2O3S/c2-1(5)4-3/h3H,(H,2,5). The maximum atomic E-state index is 9.20. The van der Waals surface area contributed by atoms with Crippen molar-refractivity contribution < 1.29 is 14.9 Å². The van der Waals surface area contributed by atoms with E-state index in [2.05, 4.69) is 17.5 Å². The van der Waals surface area contributed by atoms with Gasteiger partial charge in [0, 0.05) is 0 Å². The number of thiol groups is 1. The molecular weight excluding hydrogens is 92.1 g/mol. The van der Waals surface area contributed by atoms with Crippen LogP contribution in [0.1, 0.15) is 0 Å². The van der Waals surface area contributed by atoms with Crippen molar-refractivity contribution in [1.82, 2.24) is 0 Å². The smallest absolute Gasteiger partial charge is 0.289 e. The predicted octanol–water partition coefficient (Wildman–Crippen LogP) is 0.526. The van der Waals surface area contributed by atoms with Crippen molar-refractivity contribution in [2.75, 3.05) is 0 Å². The van der Waals surface area contributed by atoms with Gasteiger partial charge in [-0.05, 0) is 0 Å². The van der Waals surface area contributed by atoms with Crippen LogP contribution in [0.5, 0.6) is 0 Å². The maximum Gasteiger partial charge on any atom is 0.397 e. The molecule has 0 spiro atoms. The molecule has 0 aliphatic heterocycles. The Morgan fingerprint density at radius 3 is 2.20 bits per heavy atom. The molecule has 0 rings (SSSR count).